The Morgan fingerprint density at radius 2 is 1.84 bits per heavy atom. The smallest absolute Gasteiger partial charge is 0.416 e. The lowest BCUT2D eigenvalue weighted by Crippen LogP contribution is -2.31. The van der Waals surface area contributed by atoms with Crippen LogP contribution in [0.5, 0.6) is 5.75 Å². The minimum absolute atomic E-state index is 0.110. The van der Waals surface area contributed by atoms with Crippen molar-refractivity contribution in [2.45, 2.75) is 26.1 Å². The molecule has 0 saturated carbocycles. The van der Waals surface area contributed by atoms with E-state index >= 15 is 0 Å². The quantitative estimate of drug-likeness (QED) is 0.715. The Kier molecular flexibility index (Phi) is 6.25. The fraction of sp³-hybridized carbons (Fsp3) is 0.278. The maximum absolute atomic E-state index is 12.7. The average molecular weight is 368 g/mol. The lowest BCUT2D eigenvalue weighted by molar-refractivity contribution is -0.137. The predicted octanol–water partition coefficient (Wildman–Crippen LogP) is 5.15. The van der Waals surface area contributed by atoms with Gasteiger partial charge in [-0.25, -0.2) is 0 Å². The van der Waals surface area contributed by atoms with Gasteiger partial charge in [-0.05, 0) is 62.0 Å². The summed E-state index contributed by atoms with van der Waals surface area (Å²) in [7, 11) is 0. The number of halogens is 3. The fourth-order valence-corrected chi connectivity index (χ4v) is 2.53. The van der Waals surface area contributed by atoms with Crippen molar-refractivity contribution in [1.29, 1.82) is 0 Å². The van der Waals surface area contributed by atoms with Gasteiger partial charge in [0.1, 0.15) is 5.75 Å². The lowest BCUT2D eigenvalue weighted by atomic mass is 10.1. The Labute approximate surface area is 150 Å². The third-order valence-electron chi connectivity index (χ3n) is 3.49. The highest BCUT2D eigenvalue weighted by Crippen LogP contribution is 2.30. The summed E-state index contributed by atoms with van der Waals surface area (Å²) in [6, 6.07) is 12.3. The highest BCUT2D eigenvalue weighted by atomic mass is 32.1. The second kappa shape index (κ2) is 8.20. The molecule has 0 aliphatic rings. The summed E-state index contributed by atoms with van der Waals surface area (Å²) in [5, 5.41) is 6.09. The molecule has 2 aromatic rings. The molecule has 0 amide bonds. The fourth-order valence-electron chi connectivity index (χ4n) is 2.24. The summed E-state index contributed by atoms with van der Waals surface area (Å²) < 4.78 is 43.6. The maximum atomic E-state index is 12.7. The number of rotatable bonds is 5. The van der Waals surface area contributed by atoms with Crippen molar-refractivity contribution in [3.05, 3.63) is 59.7 Å². The van der Waals surface area contributed by atoms with E-state index in [2.05, 4.69) is 10.6 Å². The molecule has 25 heavy (non-hydrogen) atoms. The van der Waals surface area contributed by atoms with E-state index in [0.29, 0.717) is 6.61 Å². The molecule has 2 rings (SSSR count). The van der Waals surface area contributed by atoms with E-state index in [1.807, 2.05) is 38.1 Å². The topological polar surface area (TPSA) is 33.3 Å². The van der Waals surface area contributed by atoms with Crippen LogP contribution in [0.25, 0.3) is 0 Å². The molecule has 0 aliphatic carbocycles. The number of alkyl halides is 3. The van der Waals surface area contributed by atoms with Crippen LogP contribution in [0.15, 0.2) is 48.5 Å². The van der Waals surface area contributed by atoms with Crippen LogP contribution in [0, 0.1) is 0 Å². The summed E-state index contributed by atoms with van der Waals surface area (Å²) in [5.74, 6) is 0.781. The van der Waals surface area contributed by atoms with Gasteiger partial charge in [0, 0.05) is 5.69 Å². The molecular weight excluding hydrogens is 349 g/mol. The van der Waals surface area contributed by atoms with E-state index in [1.54, 1.807) is 0 Å². The molecule has 1 atom stereocenters. The van der Waals surface area contributed by atoms with E-state index in [9.17, 15) is 13.2 Å². The standard InChI is InChI=1S/C18H19F3N2OS/c1-3-24-16-9-7-13(8-10-16)12(2)22-17(25)23-15-6-4-5-14(11-15)18(19,20)21/h4-12H,3H2,1-2H3,(H2,22,23,25)/t12-/m1/s1. The van der Waals surface area contributed by atoms with Crippen LogP contribution in [-0.4, -0.2) is 11.7 Å². The molecular formula is C18H19F3N2OS. The minimum Gasteiger partial charge on any atom is -0.494 e. The van der Waals surface area contributed by atoms with Gasteiger partial charge in [0.25, 0.3) is 0 Å². The third kappa shape index (κ3) is 5.63. The normalized spacial score (nSPS) is 12.4. The zero-order valence-electron chi connectivity index (χ0n) is 13.9. The van der Waals surface area contributed by atoms with Crippen LogP contribution in [0.2, 0.25) is 0 Å². The average Bonchev–Trinajstić information content (AvgIpc) is 2.55. The van der Waals surface area contributed by atoms with Crippen LogP contribution in [0.1, 0.15) is 31.0 Å². The van der Waals surface area contributed by atoms with Crippen molar-refractivity contribution in [1.82, 2.24) is 5.32 Å². The van der Waals surface area contributed by atoms with Gasteiger partial charge in [-0.2, -0.15) is 13.2 Å². The maximum Gasteiger partial charge on any atom is 0.416 e. The zero-order chi connectivity index (χ0) is 18.4. The molecule has 0 saturated heterocycles. The summed E-state index contributed by atoms with van der Waals surface area (Å²) in [6.07, 6.45) is -4.39. The molecule has 7 heteroatoms. The Bertz CT molecular complexity index is 717. The molecule has 0 heterocycles. The molecule has 2 N–H and O–H groups in total. The van der Waals surface area contributed by atoms with Gasteiger partial charge in [-0.3, -0.25) is 0 Å². The Morgan fingerprint density at radius 3 is 2.44 bits per heavy atom. The van der Waals surface area contributed by atoms with Crippen molar-refractivity contribution in [2.75, 3.05) is 11.9 Å². The second-order valence-corrected chi connectivity index (χ2v) is 5.81. The Balaban J connectivity index is 1.97. The van der Waals surface area contributed by atoms with Crippen molar-refractivity contribution < 1.29 is 17.9 Å². The van der Waals surface area contributed by atoms with Crippen molar-refractivity contribution >= 4 is 23.0 Å². The number of nitrogens with one attached hydrogen (secondary N) is 2. The molecule has 0 spiro atoms. The first-order valence-electron chi connectivity index (χ1n) is 7.77. The first-order valence-corrected chi connectivity index (χ1v) is 8.18. The summed E-state index contributed by atoms with van der Waals surface area (Å²) in [6.45, 7) is 4.42. The minimum atomic E-state index is -4.39. The van der Waals surface area contributed by atoms with Crippen LogP contribution in [0.3, 0.4) is 0 Å². The Hall–Kier alpha value is -2.28. The number of ether oxygens (including phenoxy) is 1. The molecule has 0 aromatic heterocycles. The van der Waals surface area contributed by atoms with Gasteiger partial charge in [-0.1, -0.05) is 18.2 Å². The molecule has 134 valence electrons. The van der Waals surface area contributed by atoms with Crippen LogP contribution < -0.4 is 15.4 Å². The Morgan fingerprint density at radius 1 is 1.16 bits per heavy atom. The van der Waals surface area contributed by atoms with Gasteiger partial charge in [0.15, 0.2) is 5.11 Å². The van der Waals surface area contributed by atoms with Gasteiger partial charge in [0.05, 0.1) is 18.2 Å². The van der Waals surface area contributed by atoms with Gasteiger partial charge < -0.3 is 15.4 Å². The number of hydrogen-bond acceptors (Lipinski definition) is 2. The lowest BCUT2D eigenvalue weighted by Gasteiger charge is -2.18. The van der Waals surface area contributed by atoms with E-state index in [4.69, 9.17) is 17.0 Å². The van der Waals surface area contributed by atoms with Gasteiger partial charge in [-0.15, -0.1) is 0 Å². The number of anilines is 1. The van der Waals surface area contributed by atoms with E-state index < -0.39 is 11.7 Å². The molecule has 0 bridgehead atoms. The van der Waals surface area contributed by atoms with Crippen molar-refractivity contribution in [3.63, 3.8) is 0 Å². The van der Waals surface area contributed by atoms with Crippen LogP contribution in [-0.2, 0) is 6.18 Å². The highest BCUT2D eigenvalue weighted by Gasteiger charge is 2.30. The van der Waals surface area contributed by atoms with Crippen molar-refractivity contribution in [2.24, 2.45) is 0 Å². The third-order valence-corrected chi connectivity index (χ3v) is 3.71. The van der Waals surface area contributed by atoms with Crippen LogP contribution >= 0.6 is 12.2 Å². The summed E-state index contributed by atoms with van der Waals surface area (Å²) in [5.41, 5.74) is 0.544. The van der Waals surface area contributed by atoms with E-state index in [-0.39, 0.29) is 16.8 Å². The summed E-state index contributed by atoms with van der Waals surface area (Å²) in [4.78, 5) is 0. The molecule has 0 aliphatic heterocycles. The number of hydrogen-bond donors (Lipinski definition) is 2. The molecule has 0 unspecified atom stereocenters. The molecule has 0 fully saturated rings. The first-order chi connectivity index (χ1) is 11.8. The van der Waals surface area contributed by atoms with Crippen molar-refractivity contribution in [3.8, 4) is 5.75 Å². The molecule has 3 nitrogen and oxygen atoms in total. The monoisotopic (exact) mass is 368 g/mol. The highest BCUT2D eigenvalue weighted by molar-refractivity contribution is 7.80. The summed E-state index contributed by atoms with van der Waals surface area (Å²) >= 11 is 5.19. The molecule has 0 radical (unpaired) electrons. The number of thiocarbonyl (C=S) groups is 1. The largest absolute Gasteiger partial charge is 0.494 e. The van der Waals surface area contributed by atoms with Gasteiger partial charge >= 0.3 is 6.18 Å². The van der Waals surface area contributed by atoms with E-state index in [0.717, 1.165) is 23.4 Å². The second-order valence-electron chi connectivity index (χ2n) is 5.40. The van der Waals surface area contributed by atoms with E-state index in [1.165, 1.54) is 12.1 Å². The predicted molar refractivity (Wildman–Crippen MR) is 96.8 cm³/mol. The zero-order valence-corrected chi connectivity index (χ0v) is 14.7. The van der Waals surface area contributed by atoms with Gasteiger partial charge in [0.2, 0.25) is 0 Å². The number of benzene rings is 2. The molecule has 2 aromatic carbocycles. The first kappa shape index (κ1) is 19.1. The van der Waals surface area contributed by atoms with Crippen LogP contribution in [0.4, 0.5) is 18.9 Å². The SMILES string of the molecule is CCOc1ccc([C@@H](C)NC(=S)Nc2cccc(C(F)(F)F)c2)cc1.